The first kappa shape index (κ1) is 16.1. The van der Waals surface area contributed by atoms with Crippen molar-refractivity contribution in [3.63, 3.8) is 0 Å². The van der Waals surface area contributed by atoms with Gasteiger partial charge in [0.15, 0.2) is 0 Å². The highest BCUT2D eigenvalue weighted by Crippen LogP contribution is 2.33. The Kier molecular flexibility index (Phi) is 4.52. The van der Waals surface area contributed by atoms with Gasteiger partial charge in [-0.1, -0.05) is 59.7 Å². The van der Waals surface area contributed by atoms with E-state index >= 15 is 0 Å². The number of benzene rings is 2. The largest absolute Gasteiger partial charge is 0.462 e. The molecule has 0 amide bonds. The lowest BCUT2D eigenvalue weighted by Crippen LogP contribution is -2.04. The summed E-state index contributed by atoms with van der Waals surface area (Å²) in [6.45, 7) is 6.19. The van der Waals surface area contributed by atoms with Gasteiger partial charge in [0.25, 0.3) is 0 Å². The fraction of sp³-hybridized carbons (Fsp3) is 0.190. The molecule has 3 rings (SSSR count). The SMILES string of the molecule is CCOC(=O)c1cc(-c2ccc(C)cc2)oc1-c1ccc(C)cc1. The molecule has 0 bridgehead atoms. The lowest BCUT2D eigenvalue weighted by molar-refractivity contribution is 0.0527. The number of esters is 1. The fourth-order valence-corrected chi connectivity index (χ4v) is 2.53. The van der Waals surface area contributed by atoms with E-state index in [1.807, 2.05) is 62.4 Å². The summed E-state index contributed by atoms with van der Waals surface area (Å²) in [5.74, 6) is 0.841. The Morgan fingerprint density at radius 1 is 0.917 bits per heavy atom. The molecule has 0 atom stereocenters. The summed E-state index contributed by atoms with van der Waals surface area (Å²) in [6.07, 6.45) is 0. The maximum Gasteiger partial charge on any atom is 0.342 e. The van der Waals surface area contributed by atoms with E-state index in [0.29, 0.717) is 23.7 Å². The summed E-state index contributed by atoms with van der Waals surface area (Å²) in [6, 6.07) is 17.7. The van der Waals surface area contributed by atoms with E-state index in [4.69, 9.17) is 9.15 Å². The molecule has 0 saturated heterocycles. The molecule has 0 spiro atoms. The minimum absolute atomic E-state index is 0.331. The molecule has 3 nitrogen and oxygen atoms in total. The van der Waals surface area contributed by atoms with Crippen molar-refractivity contribution in [2.45, 2.75) is 20.8 Å². The van der Waals surface area contributed by atoms with Gasteiger partial charge in [-0.05, 0) is 26.8 Å². The highest BCUT2D eigenvalue weighted by Gasteiger charge is 2.21. The third kappa shape index (κ3) is 3.25. The Morgan fingerprint density at radius 2 is 1.46 bits per heavy atom. The number of furan rings is 1. The average Bonchev–Trinajstić information content (AvgIpc) is 3.02. The number of hydrogen-bond acceptors (Lipinski definition) is 3. The number of ether oxygens (including phenoxy) is 1. The van der Waals surface area contributed by atoms with Gasteiger partial charge < -0.3 is 9.15 Å². The van der Waals surface area contributed by atoms with Crippen LogP contribution in [-0.2, 0) is 4.74 Å². The molecule has 0 unspecified atom stereocenters. The molecule has 3 aromatic rings. The van der Waals surface area contributed by atoms with Crippen LogP contribution in [0.15, 0.2) is 59.0 Å². The lowest BCUT2D eigenvalue weighted by atomic mass is 10.1. The molecule has 0 radical (unpaired) electrons. The number of aryl methyl sites for hydroxylation is 2. The molecule has 1 aromatic heterocycles. The van der Waals surface area contributed by atoms with Crippen molar-refractivity contribution in [3.05, 3.63) is 71.3 Å². The van der Waals surface area contributed by atoms with Gasteiger partial charge in [-0.3, -0.25) is 0 Å². The molecule has 24 heavy (non-hydrogen) atoms. The summed E-state index contributed by atoms with van der Waals surface area (Å²) in [5, 5.41) is 0. The smallest absolute Gasteiger partial charge is 0.342 e. The van der Waals surface area contributed by atoms with Gasteiger partial charge in [0.2, 0.25) is 0 Å². The first-order valence-corrected chi connectivity index (χ1v) is 8.03. The van der Waals surface area contributed by atoms with Crippen LogP contribution in [0, 0.1) is 13.8 Å². The zero-order valence-electron chi connectivity index (χ0n) is 14.1. The van der Waals surface area contributed by atoms with Gasteiger partial charge in [0.1, 0.15) is 17.1 Å². The maximum absolute atomic E-state index is 12.3. The van der Waals surface area contributed by atoms with E-state index in [1.165, 1.54) is 5.56 Å². The van der Waals surface area contributed by atoms with Crippen LogP contribution in [0.2, 0.25) is 0 Å². The topological polar surface area (TPSA) is 39.4 Å². The summed E-state index contributed by atoms with van der Waals surface area (Å²) in [7, 11) is 0. The molecule has 2 aromatic carbocycles. The van der Waals surface area contributed by atoms with E-state index in [9.17, 15) is 4.79 Å². The molecule has 0 aliphatic carbocycles. The van der Waals surface area contributed by atoms with Crippen molar-refractivity contribution in [1.29, 1.82) is 0 Å². The Bertz CT molecular complexity index is 840. The molecule has 1 heterocycles. The molecule has 0 saturated carbocycles. The predicted octanol–water partition coefficient (Wildman–Crippen LogP) is 5.41. The lowest BCUT2D eigenvalue weighted by Gasteiger charge is -2.03. The highest BCUT2D eigenvalue weighted by atomic mass is 16.5. The highest BCUT2D eigenvalue weighted by molar-refractivity contribution is 5.97. The zero-order valence-corrected chi connectivity index (χ0v) is 14.1. The van der Waals surface area contributed by atoms with Crippen LogP contribution in [0.3, 0.4) is 0 Å². The van der Waals surface area contributed by atoms with Crippen molar-refractivity contribution < 1.29 is 13.9 Å². The van der Waals surface area contributed by atoms with E-state index in [2.05, 4.69) is 0 Å². The number of hydrogen-bond donors (Lipinski definition) is 0. The van der Waals surface area contributed by atoms with Gasteiger partial charge in [-0.15, -0.1) is 0 Å². The molecule has 0 fully saturated rings. The van der Waals surface area contributed by atoms with E-state index < -0.39 is 0 Å². The molecular formula is C21H20O3. The van der Waals surface area contributed by atoms with Gasteiger partial charge in [-0.25, -0.2) is 4.79 Å². The normalized spacial score (nSPS) is 10.6. The van der Waals surface area contributed by atoms with Gasteiger partial charge in [0.05, 0.1) is 6.61 Å². The van der Waals surface area contributed by atoms with Crippen LogP contribution in [0.4, 0.5) is 0 Å². The number of rotatable bonds is 4. The zero-order chi connectivity index (χ0) is 17.1. The minimum Gasteiger partial charge on any atom is -0.462 e. The van der Waals surface area contributed by atoms with Crippen LogP contribution in [0.25, 0.3) is 22.6 Å². The average molecular weight is 320 g/mol. The van der Waals surface area contributed by atoms with Gasteiger partial charge >= 0.3 is 5.97 Å². The van der Waals surface area contributed by atoms with E-state index in [0.717, 1.165) is 16.7 Å². The minimum atomic E-state index is -0.366. The van der Waals surface area contributed by atoms with E-state index in [-0.39, 0.29) is 5.97 Å². The van der Waals surface area contributed by atoms with Crippen LogP contribution >= 0.6 is 0 Å². The Labute approximate surface area is 141 Å². The van der Waals surface area contributed by atoms with Crippen molar-refractivity contribution >= 4 is 5.97 Å². The van der Waals surface area contributed by atoms with E-state index in [1.54, 1.807) is 13.0 Å². The molecule has 122 valence electrons. The van der Waals surface area contributed by atoms with Crippen LogP contribution in [-0.4, -0.2) is 12.6 Å². The summed E-state index contributed by atoms with van der Waals surface area (Å²) in [4.78, 5) is 12.3. The Hall–Kier alpha value is -2.81. The third-order valence-electron chi connectivity index (χ3n) is 3.88. The summed E-state index contributed by atoms with van der Waals surface area (Å²) >= 11 is 0. The van der Waals surface area contributed by atoms with Crippen molar-refractivity contribution in [3.8, 4) is 22.6 Å². The second-order valence-electron chi connectivity index (χ2n) is 5.81. The second-order valence-corrected chi connectivity index (χ2v) is 5.81. The first-order chi connectivity index (χ1) is 11.6. The second kappa shape index (κ2) is 6.75. The fourth-order valence-electron chi connectivity index (χ4n) is 2.53. The maximum atomic E-state index is 12.3. The van der Waals surface area contributed by atoms with Crippen molar-refractivity contribution in [2.75, 3.05) is 6.61 Å². The third-order valence-corrected chi connectivity index (χ3v) is 3.88. The van der Waals surface area contributed by atoms with Crippen LogP contribution in [0.1, 0.15) is 28.4 Å². The van der Waals surface area contributed by atoms with Crippen LogP contribution in [0.5, 0.6) is 0 Å². The molecule has 0 aliphatic rings. The van der Waals surface area contributed by atoms with Crippen molar-refractivity contribution in [1.82, 2.24) is 0 Å². The number of carbonyl (C=O) groups is 1. The number of carbonyl (C=O) groups excluding carboxylic acids is 1. The summed E-state index contributed by atoms with van der Waals surface area (Å²) in [5.41, 5.74) is 4.58. The predicted molar refractivity (Wildman–Crippen MR) is 95.0 cm³/mol. The molecule has 0 aliphatic heterocycles. The Balaban J connectivity index is 2.10. The van der Waals surface area contributed by atoms with Crippen LogP contribution < -0.4 is 0 Å². The standard InChI is InChI=1S/C21H20O3/c1-4-23-21(22)18-13-19(16-9-5-14(2)6-10-16)24-20(18)17-11-7-15(3)8-12-17/h5-13H,4H2,1-3H3. The van der Waals surface area contributed by atoms with Crippen molar-refractivity contribution in [2.24, 2.45) is 0 Å². The molecule has 0 N–H and O–H groups in total. The first-order valence-electron chi connectivity index (χ1n) is 8.03. The summed E-state index contributed by atoms with van der Waals surface area (Å²) < 4.78 is 11.2. The molecular weight excluding hydrogens is 300 g/mol. The quantitative estimate of drug-likeness (QED) is 0.604. The molecule has 3 heteroatoms. The van der Waals surface area contributed by atoms with Gasteiger partial charge in [0, 0.05) is 11.1 Å². The van der Waals surface area contributed by atoms with Gasteiger partial charge in [-0.2, -0.15) is 0 Å². The Morgan fingerprint density at radius 3 is 2.00 bits per heavy atom. The monoisotopic (exact) mass is 320 g/mol.